The van der Waals surface area contributed by atoms with E-state index < -0.39 is 0 Å². The summed E-state index contributed by atoms with van der Waals surface area (Å²) in [6, 6.07) is 0. The SMILES string of the molecule is C=CCOCc1c(C)c(COCC=C)c(C)c(OCCCCO)c1C. The minimum atomic E-state index is 0.191. The summed E-state index contributed by atoms with van der Waals surface area (Å²) in [6.07, 6.45) is 5.07. The van der Waals surface area contributed by atoms with Crippen molar-refractivity contribution in [3.63, 3.8) is 0 Å². The lowest BCUT2D eigenvalue weighted by molar-refractivity contribution is 0.142. The maximum Gasteiger partial charge on any atom is 0.125 e. The molecule has 0 bridgehead atoms. The minimum Gasteiger partial charge on any atom is -0.493 e. The van der Waals surface area contributed by atoms with Crippen molar-refractivity contribution in [3.8, 4) is 5.75 Å². The predicted molar refractivity (Wildman–Crippen MR) is 102 cm³/mol. The first-order valence-electron chi connectivity index (χ1n) is 8.80. The zero-order chi connectivity index (χ0) is 18.7. The van der Waals surface area contributed by atoms with Crippen LogP contribution < -0.4 is 4.74 Å². The predicted octanol–water partition coefficient (Wildman–Crippen LogP) is 4.17. The molecule has 4 heteroatoms. The number of hydrogen-bond donors (Lipinski definition) is 1. The van der Waals surface area contributed by atoms with Gasteiger partial charge in [0.05, 0.1) is 33.0 Å². The van der Waals surface area contributed by atoms with E-state index in [-0.39, 0.29) is 6.61 Å². The van der Waals surface area contributed by atoms with Crippen LogP contribution in [0.5, 0.6) is 5.75 Å². The molecule has 25 heavy (non-hydrogen) atoms. The molecule has 0 aliphatic heterocycles. The molecule has 0 atom stereocenters. The fraction of sp³-hybridized carbons (Fsp3) is 0.524. The normalized spacial score (nSPS) is 10.7. The summed E-state index contributed by atoms with van der Waals surface area (Å²) in [6.45, 7) is 16.5. The summed E-state index contributed by atoms with van der Waals surface area (Å²) in [4.78, 5) is 0. The smallest absolute Gasteiger partial charge is 0.125 e. The van der Waals surface area contributed by atoms with Gasteiger partial charge in [-0.3, -0.25) is 0 Å². The lowest BCUT2D eigenvalue weighted by Crippen LogP contribution is -2.10. The number of aliphatic hydroxyl groups excluding tert-OH is 1. The molecule has 1 aromatic rings. The van der Waals surface area contributed by atoms with Crippen LogP contribution in [0.3, 0.4) is 0 Å². The molecular weight excluding hydrogens is 316 g/mol. The van der Waals surface area contributed by atoms with Crippen LogP contribution >= 0.6 is 0 Å². The Kier molecular flexibility index (Phi) is 10.2. The lowest BCUT2D eigenvalue weighted by atomic mass is 9.92. The fourth-order valence-corrected chi connectivity index (χ4v) is 2.83. The average molecular weight is 348 g/mol. The molecule has 0 aliphatic carbocycles. The molecule has 0 amide bonds. The van der Waals surface area contributed by atoms with Gasteiger partial charge in [0.2, 0.25) is 0 Å². The number of hydrogen-bond acceptors (Lipinski definition) is 4. The van der Waals surface area contributed by atoms with Gasteiger partial charge in [0, 0.05) is 6.61 Å². The van der Waals surface area contributed by atoms with Gasteiger partial charge in [0.1, 0.15) is 5.75 Å². The van der Waals surface area contributed by atoms with E-state index in [2.05, 4.69) is 33.9 Å². The van der Waals surface area contributed by atoms with E-state index in [1.54, 1.807) is 12.2 Å². The van der Waals surface area contributed by atoms with E-state index in [9.17, 15) is 0 Å². The summed E-state index contributed by atoms with van der Waals surface area (Å²) in [5, 5.41) is 8.93. The van der Waals surface area contributed by atoms with Crippen molar-refractivity contribution in [2.24, 2.45) is 0 Å². The maximum atomic E-state index is 8.93. The molecule has 0 aliphatic rings. The van der Waals surface area contributed by atoms with Crippen molar-refractivity contribution in [2.75, 3.05) is 26.4 Å². The van der Waals surface area contributed by atoms with Gasteiger partial charge >= 0.3 is 0 Å². The number of unbranched alkanes of at least 4 members (excludes halogenated alkanes) is 1. The average Bonchev–Trinajstić information content (AvgIpc) is 2.60. The summed E-state index contributed by atoms with van der Waals surface area (Å²) >= 11 is 0. The third-order valence-electron chi connectivity index (χ3n) is 4.25. The van der Waals surface area contributed by atoms with Crippen LogP contribution in [0.1, 0.15) is 40.7 Å². The zero-order valence-corrected chi connectivity index (χ0v) is 15.9. The number of rotatable bonds is 13. The second-order valence-electron chi connectivity index (χ2n) is 6.05. The van der Waals surface area contributed by atoms with Crippen LogP contribution in [0.25, 0.3) is 0 Å². The standard InChI is InChI=1S/C21H32O4/c1-6-11-23-14-19-16(3)20(15-24-12-7-2)18(5)21(17(19)4)25-13-9-8-10-22/h6-7,22H,1-2,8-15H2,3-5H3. The van der Waals surface area contributed by atoms with Gasteiger partial charge in [0.15, 0.2) is 0 Å². The molecular formula is C21H32O4. The first-order chi connectivity index (χ1) is 12.1. The fourth-order valence-electron chi connectivity index (χ4n) is 2.83. The van der Waals surface area contributed by atoms with E-state index in [0.717, 1.165) is 40.8 Å². The highest BCUT2D eigenvalue weighted by molar-refractivity contribution is 5.54. The molecule has 0 saturated carbocycles. The Bertz CT molecular complexity index is 522. The molecule has 140 valence electrons. The van der Waals surface area contributed by atoms with E-state index in [1.807, 2.05) is 0 Å². The Morgan fingerprint density at radius 2 is 1.36 bits per heavy atom. The first kappa shape index (κ1) is 21.4. The summed E-state index contributed by atoms with van der Waals surface area (Å²) < 4.78 is 17.4. The highest BCUT2D eigenvalue weighted by Crippen LogP contribution is 2.34. The van der Waals surface area contributed by atoms with E-state index in [0.29, 0.717) is 33.0 Å². The van der Waals surface area contributed by atoms with Crippen LogP contribution in [0.15, 0.2) is 25.3 Å². The second kappa shape index (κ2) is 11.9. The van der Waals surface area contributed by atoms with E-state index >= 15 is 0 Å². The number of benzene rings is 1. The summed E-state index contributed by atoms with van der Waals surface area (Å²) in [5.41, 5.74) is 5.68. The first-order valence-corrected chi connectivity index (χ1v) is 8.80. The highest BCUT2D eigenvalue weighted by Gasteiger charge is 2.18. The molecule has 0 aromatic heterocycles. The van der Waals surface area contributed by atoms with Crippen molar-refractivity contribution < 1.29 is 19.3 Å². The van der Waals surface area contributed by atoms with Crippen molar-refractivity contribution in [2.45, 2.75) is 46.8 Å². The Hall–Kier alpha value is -1.62. The quantitative estimate of drug-likeness (QED) is 0.429. The van der Waals surface area contributed by atoms with Crippen molar-refractivity contribution in [3.05, 3.63) is 53.1 Å². The van der Waals surface area contributed by atoms with Crippen LogP contribution in [-0.2, 0) is 22.7 Å². The van der Waals surface area contributed by atoms with Crippen LogP contribution in [0.2, 0.25) is 0 Å². The molecule has 1 aromatic carbocycles. The van der Waals surface area contributed by atoms with Gasteiger partial charge in [-0.15, -0.1) is 13.2 Å². The molecule has 0 saturated heterocycles. The monoisotopic (exact) mass is 348 g/mol. The molecule has 0 fully saturated rings. The number of aliphatic hydroxyl groups is 1. The Balaban J connectivity index is 3.13. The van der Waals surface area contributed by atoms with Crippen molar-refractivity contribution in [1.82, 2.24) is 0 Å². The topological polar surface area (TPSA) is 47.9 Å². The molecule has 4 nitrogen and oxygen atoms in total. The van der Waals surface area contributed by atoms with Crippen LogP contribution in [0.4, 0.5) is 0 Å². The number of ether oxygens (including phenoxy) is 3. The zero-order valence-electron chi connectivity index (χ0n) is 15.9. The molecule has 1 N–H and O–H groups in total. The van der Waals surface area contributed by atoms with Crippen molar-refractivity contribution >= 4 is 0 Å². The maximum absolute atomic E-state index is 8.93. The van der Waals surface area contributed by atoms with Gasteiger partial charge in [0.25, 0.3) is 0 Å². The Morgan fingerprint density at radius 3 is 1.80 bits per heavy atom. The molecule has 0 spiro atoms. The molecule has 0 heterocycles. The Labute approximate surface area is 152 Å². The van der Waals surface area contributed by atoms with E-state index in [1.165, 1.54) is 5.56 Å². The van der Waals surface area contributed by atoms with Gasteiger partial charge in [-0.1, -0.05) is 12.2 Å². The highest BCUT2D eigenvalue weighted by atomic mass is 16.5. The summed E-state index contributed by atoms with van der Waals surface area (Å²) in [5.74, 6) is 0.901. The third kappa shape index (κ3) is 6.31. The third-order valence-corrected chi connectivity index (χ3v) is 4.25. The van der Waals surface area contributed by atoms with E-state index in [4.69, 9.17) is 19.3 Å². The van der Waals surface area contributed by atoms with Gasteiger partial charge in [-0.2, -0.15) is 0 Å². The van der Waals surface area contributed by atoms with Crippen LogP contribution in [-0.4, -0.2) is 31.5 Å². The second-order valence-corrected chi connectivity index (χ2v) is 6.05. The Morgan fingerprint density at radius 1 is 0.840 bits per heavy atom. The van der Waals surface area contributed by atoms with Gasteiger partial charge in [-0.25, -0.2) is 0 Å². The molecule has 1 rings (SSSR count). The molecule has 0 radical (unpaired) electrons. The van der Waals surface area contributed by atoms with Crippen LogP contribution in [0, 0.1) is 20.8 Å². The lowest BCUT2D eigenvalue weighted by Gasteiger charge is -2.22. The molecule has 0 unspecified atom stereocenters. The van der Waals surface area contributed by atoms with Crippen molar-refractivity contribution in [1.29, 1.82) is 0 Å². The largest absolute Gasteiger partial charge is 0.493 e. The minimum absolute atomic E-state index is 0.191. The summed E-state index contributed by atoms with van der Waals surface area (Å²) in [7, 11) is 0. The van der Waals surface area contributed by atoms with Gasteiger partial charge in [-0.05, 0) is 61.4 Å². The van der Waals surface area contributed by atoms with Gasteiger partial charge < -0.3 is 19.3 Å².